The van der Waals surface area contributed by atoms with E-state index in [0.717, 1.165) is 18.4 Å². The fraction of sp³-hybridized carbons (Fsp3) is 0.562. The van der Waals surface area contributed by atoms with Crippen LogP contribution >= 0.6 is 0 Å². The van der Waals surface area contributed by atoms with Crippen molar-refractivity contribution in [1.29, 1.82) is 0 Å². The summed E-state index contributed by atoms with van der Waals surface area (Å²) in [5, 5.41) is 24.8. The van der Waals surface area contributed by atoms with Gasteiger partial charge in [-0.05, 0) is 63.0 Å². The van der Waals surface area contributed by atoms with Gasteiger partial charge in [0.2, 0.25) is 5.91 Å². The topological polar surface area (TPSA) is 134 Å². The van der Waals surface area contributed by atoms with Crippen LogP contribution in [0.1, 0.15) is 24.8 Å². The van der Waals surface area contributed by atoms with Gasteiger partial charge >= 0.3 is 0 Å². The Morgan fingerprint density at radius 3 is 2.48 bits per heavy atom. The van der Waals surface area contributed by atoms with Crippen molar-refractivity contribution >= 4 is 5.91 Å². The molecule has 0 spiro atoms. The highest BCUT2D eigenvalue weighted by Crippen LogP contribution is 2.24. The van der Waals surface area contributed by atoms with Crippen LogP contribution in [0.3, 0.4) is 0 Å². The number of phenolic OH excluding ortho intramolecular Hbond substituents is 2. The largest absolute Gasteiger partial charge is 0.504 e. The van der Waals surface area contributed by atoms with Gasteiger partial charge in [-0.15, -0.1) is 0 Å². The van der Waals surface area contributed by atoms with Gasteiger partial charge in [-0.25, -0.2) is 0 Å². The highest BCUT2D eigenvalue weighted by molar-refractivity contribution is 5.81. The molecule has 0 aliphatic carbocycles. The monoisotopic (exact) mass is 324 g/mol. The summed E-state index contributed by atoms with van der Waals surface area (Å²) in [4.78, 5) is 12.2. The van der Waals surface area contributed by atoms with Gasteiger partial charge < -0.3 is 32.3 Å². The number of carbonyl (C=O) groups excluding carboxylic acids is 1. The molecule has 1 aromatic rings. The highest BCUT2D eigenvalue weighted by Gasteiger charge is 2.16. The third-order valence-electron chi connectivity index (χ3n) is 3.54. The molecule has 130 valence electrons. The Balaban J connectivity index is 2.41. The van der Waals surface area contributed by atoms with Gasteiger partial charge in [-0.1, -0.05) is 6.07 Å². The Bertz CT molecular complexity index is 482. The maximum Gasteiger partial charge on any atom is 0.237 e. The molecule has 0 aliphatic heterocycles. The lowest BCUT2D eigenvalue weighted by atomic mass is 10.1. The molecule has 23 heavy (non-hydrogen) atoms. The summed E-state index contributed by atoms with van der Waals surface area (Å²) in [6.07, 6.45) is 2.86. The van der Waals surface area contributed by atoms with Crippen molar-refractivity contribution in [2.75, 3.05) is 26.2 Å². The molecule has 1 atom stereocenters. The first-order valence-electron chi connectivity index (χ1n) is 8.00. The molecular weight excluding hydrogens is 296 g/mol. The maximum atomic E-state index is 12.2. The van der Waals surface area contributed by atoms with E-state index in [1.807, 2.05) is 0 Å². The number of carbonyl (C=O) groups is 1. The molecule has 1 aromatic carbocycles. The van der Waals surface area contributed by atoms with Gasteiger partial charge in [0.05, 0.1) is 6.04 Å². The number of rotatable bonds is 11. The summed E-state index contributed by atoms with van der Waals surface area (Å²) >= 11 is 0. The molecule has 7 nitrogen and oxygen atoms in total. The quantitative estimate of drug-likeness (QED) is 0.247. The van der Waals surface area contributed by atoms with Crippen LogP contribution in [0.25, 0.3) is 0 Å². The van der Waals surface area contributed by atoms with Gasteiger partial charge in [0.25, 0.3) is 0 Å². The first-order chi connectivity index (χ1) is 11.1. The number of amides is 1. The molecule has 1 rings (SSSR count). The van der Waals surface area contributed by atoms with E-state index in [4.69, 9.17) is 11.5 Å². The van der Waals surface area contributed by atoms with E-state index in [1.54, 1.807) is 6.07 Å². The normalized spacial score (nSPS) is 12.1. The lowest BCUT2D eigenvalue weighted by Gasteiger charge is -2.18. The molecular formula is C16H28N4O3. The van der Waals surface area contributed by atoms with Crippen molar-refractivity contribution in [3.8, 4) is 11.5 Å². The third kappa shape index (κ3) is 7.32. The molecule has 0 aliphatic rings. The lowest BCUT2D eigenvalue weighted by Crippen LogP contribution is -2.45. The van der Waals surface area contributed by atoms with Crippen molar-refractivity contribution in [2.24, 2.45) is 11.5 Å². The number of nitrogens with two attached hydrogens (primary N) is 2. The number of hydrogen-bond donors (Lipinski definition) is 6. The van der Waals surface area contributed by atoms with Crippen LogP contribution < -0.4 is 22.1 Å². The van der Waals surface area contributed by atoms with Crippen molar-refractivity contribution in [1.82, 2.24) is 10.6 Å². The van der Waals surface area contributed by atoms with Gasteiger partial charge in [-0.3, -0.25) is 4.79 Å². The van der Waals surface area contributed by atoms with Crippen molar-refractivity contribution in [2.45, 2.75) is 31.7 Å². The number of hydrogen-bond acceptors (Lipinski definition) is 6. The van der Waals surface area contributed by atoms with Crippen LogP contribution in [0.15, 0.2) is 18.2 Å². The van der Waals surface area contributed by atoms with Crippen molar-refractivity contribution < 1.29 is 15.0 Å². The van der Waals surface area contributed by atoms with E-state index in [2.05, 4.69) is 10.6 Å². The highest BCUT2D eigenvalue weighted by atomic mass is 16.3. The summed E-state index contributed by atoms with van der Waals surface area (Å²) in [6.45, 7) is 2.30. The van der Waals surface area contributed by atoms with E-state index >= 15 is 0 Å². The second kappa shape index (κ2) is 10.8. The Kier molecular flexibility index (Phi) is 9.04. The molecule has 1 amide bonds. The van der Waals surface area contributed by atoms with Crippen LogP contribution in [0.5, 0.6) is 11.5 Å². The summed E-state index contributed by atoms with van der Waals surface area (Å²) in [5.41, 5.74) is 11.8. The minimum atomic E-state index is -0.265. The zero-order chi connectivity index (χ0) is 17.1. The van der Waals surface area contributed by atoms with Gasteiger partial charge in [0.1, 0.15) is 0 Å². The van der Waals surface area contributed by atoms with Crippen LogP contribution in [0.2, 0.25) is 0 Å². The van der Waals surface area contributed by atoms with Crippen LogP contribution in [-0.4, -0.2) is 48.3 Å². The number of benzene rings is 1. The molecule has 0 fully saturated rings. The first-order valence-corrected chi connectivity index (χ1v) is 8.00. The predicted octanol–water partition coefficient (Wildman–Crippen LogP) is -0.198. The average Bonchev–Trinajstić information content (AvgIpc) is 2.54. The zero-order valence-electron chi connectivity index (χ0n) is 13.4. The Labute approximate surface area is 137 Å². The summed E-state index contributed by atoms with van der Waals surface area (Å²) in [7, 11) is 0. The van der Waals surface area contributed by atoms with Gasteiger partial charge in [0, 0.05) is 6.54 Å². The lowest BCUT2D eigenvalue weighted by molar-refractivity contribution is -0.123. The second-order valence-corrected chi connectivity index (χ2v) is 5.44. The molecule has 8 N–H and O–H groups in total. The van der Waals surface area contributed by atoms with E-state index in [0.29, 0.717) is 39.0 Å². The average molecular weight is 324 g/mol. The van der Waals surface area contributed by atoms with Gasteiger partial charge in [0.15, 0.2) is 11.5 Å². The Hall–Kier alpha value is -1.83. The minimum absolute atomic E-state index is 0.0570. The molecule has 0 bridgehead atoms. The number of nitrogens with one attached hydrogen (secondary N) is 2. The van der Waals surface area contributed by atoms with E-state index in [1.165, 1.54) is 12.1 Å². The van der Waals surface area contributed by atoms with Crippen LogP contribution in [-0.2, 0) is 11.2 Å². The molecule has 0 radical (unpaired) electrons. The Morgan fingerprint density at radius 1 is 1.09 bits per heavy atom. The van der Waals surface area contributed by atoms with E-state index in [-0.39, 0.29) is 23.4 Å². The van der Waals surface area contributed by atoms with Crippen molar-refractivity contribution in [3.05, 3.63) is 23.8 Å². The minimum Gasteiger partial charge on any atom is -0.504 e. The maximum absolute atomic E-state index is 12.2. The molecule has 0 heterocycles. The SMILES string of the molecule is NCCCN[C@@H](CCCN)C(=O)NCCc1ccc(O)c(O)c1. The number of aromatic hydroxyl groups is 2. The molecule has 0 saturated carbocycles. The van der Waals surface area contributed by atoms with Crippen LogP contribution in [0.4, 0.5) is 0 Å². The molecule has 0 saturated heterocycles. The number of phenols is 2. The fourth-order valence-corrected chi connectivity index (χ4v) is 2.20. The molecule has 0 unspecified atom stereocenters. The van der Waals surface area contributed by atoms with E-state index in [9.17, 15) is 15.0 Å². The van der Waals surface area contributed by atoms with Crippen LogP contribution in [0, 0.1) is 0 Å². The van der Waals surface area contributed by atoms with E-state index < -0.39 is 0 Å². The zero-order valence-corrected chi connectivity index (χ0v) is 13.4. The second-order valence-electron chi connectivity index (χ2n) is 5.44. The fourth-order valence-electron chi connectivity index (χ4n) is 2.20. The Morgan fingerprint density at radius 2 is 1.83 bits per heavy atom. The summed E-state index contributed by atoms with van der Waals surface area (Å²) < 4.78 is 0. The predicted molar refractivity (Wildman–Crippen MR) is 90.2 cm³/mol. The molecule has 7 heteroatoms. The standard InChI is InChI=1S/C16H28N4O3/c17-7-1-3-13(19-9-2-8-18)16(23)20-10-6-12-4-5-14(21)15(22)11-12/h4-5,11,13,19,21-22H,1-3,6-10,17-18H2,(H,20,23)/t13-/m0/s1. The molecule has 0 aromatic heterocycles. The third-order valence-corrected chi connectivity index (χ3v) is 3.54. The van der Waals surface area contributed by atoms with Crippen molar-refractivity contribution in [3.63, 3.8) is 0 Å². The smallest absolute Gasteiger partial charge is 0.237 e. The summed E-state index contributed by atoms with van der Waals surface area (Å²) in [5.74, 6) is -0.361. The van der Waals surface area contributed by atoms with Gasteiger partial charge in [-0.2, -0.15) is 0 Å². The first kappa shape index (κ1) is 19.2. The summed E-state index contributed by atoms with van der Waals surface area (Å²) in [6, 6.07) is 4.38.